The van der Waals surface area contributed by atoms with E-state index >= 15 is 0 Å². The van der Waals surface area contributed by atoms with Crippen molar-refractivity contribution in [3.05, 3.63) is 48.6 Å². The Hall–Kier alpha value is -1.70. The Kier molecular flexibility index (Phi) is 3.33. The fourth-order valence-corrected chi connectivity index (χ4v) is 5.95. The normalized spacial score (nSPS) is 36.9. The second-order valence-corrected chi connectivity index (χ2v) is 7.64. The summed E-state index contributed by atoms with van der Waals surface area (Å²) < 4.78 is 0. The number of Topliss-reactive ketones (excluding diaryl/α,β-unsaturated/α-hetero) is 2. The molecule has 0 aromatic carbocycles. The van der Waals surface area contributed by atoms with Gasteiger partial charge in [0.1, 0.15) is 0 Å². The topological polar surface area (TPSA) is 34.1 Å². The van der Waals surface area contributed by atoms with Crippen molar-refractivity contribution in [2.75, 3.05) is 0 Å². The van der Waals surface area contributed by atoms with Crippen molar-refractivity contribution >= 4 is 11.6 Å². The third-order valence-electron chi connectivity index (χ3n) is 6.75. The zero-order valence-corrected chi connectivity index (χ0v) is 13.6. The molecular weight excluding hydrogens is 284 g/mol. The molecule has 2 saturated carbocycles. The Morgan fingerprint density at radius 2 is 1.35 bits per heavy atom. The van der Waals surface area contributed by atoms with Gasteiger partial charge in [0, 0.05) is 11.8 Å². The van der Waals surface area contributed by atoms with Gasteiger partial charge < -0.3 is 0 Å². The predicted molar refractivity (Wildman–Crippen MR) is 90.7 cm³/mol. The minimum atomic E-state index is -0.112. The maximum absolute atomic E-state index is 13.0. The Morgan fingerprint density at radius 3 is 1.74 bits per heavy atom. The van der Waals surface area contributed by atoms with Crippen molar-refractivity contribution in [3.63, 3.8) is 0 Å². The van der Waals surface area contributed by atoms with Crippen LogP contribution in [0.3, 0.4) is 0 Å². The van der Waals surface area contributed by atoms with E-state index in [4.69, 9.17) is 0 Å². The first-order valence-electron chi connectivity index (χ1n) is 8.85. The van der Waals surface area contributed by atoms with E-state index in [0.717, 1.165) is 24.0 Å². The van der Waals surface area contributed by atoms with Crippen LogP contribution in [0.5, 0.6) is 0 Å². The molecule has 0 aromatic rings. The minimum Gasteiger partial charge on any atom is -0.294 e. The summed E-state index contributed by atoms with van der Waals surface area (Å²) in [4.78, 5) is 25.9. The number of allylic oxidation sites excluding steroid dienone is 6. The van der Waals surface area contributed by atoms with Crippen LogP contribution in [0.2, 0.25) is 0 Å². The van der Waals surface area contributed by atoms with Crippen molar-refractivity contribution in [1.82, 2.24) is 0 Å². The van der Waals surface area contributed by atoms with Crippen LogP contribution in [0.1, 0.15) is 38.5 Å². The van der Waals surface area contributed by atoms with Crippen molar-refractivity contribution in [2.24, 2.45) is 29.1 Å². The lowest BCUT2D eigenvalue weighted by Gasteiger charge is -2.33. The Balaban J connectivity index is 1.79. The van der Waals surface area contributed by atoms with Gasteiger partial charge in [-0.05, 0) is 54.1 Å². The van der Waals surface area contributed by atoms with Gasteiger partial charge in [0.25, 0.3) is 0 Å². The summed E-state index contributed by atoms with van der Waals surface area (Å²) in [6.45, 7) is 7.56. The third-order valence-corrected chi connectivity index (χ3v) is 6.75. The van der Waals surface area contributed by atoms with Crippen molar-refractivity contribution in [2.45, 2.75) is 38.5 Å². The van der Waals surface area contributed by atoms with Gasteiger partial charge in [-0.1, -0.05) is 37.1 Å². The lowest BCUT2D eigenvalue weighted by Crippen LogP contribution is -2.28. The van der Waals surface area contributed by atoms with Crippen molar-refractivity contribution < 1.29 is 9.59 Å². The standard InChI is InChI=1S/C21H24O2/c1-3-7-13-11-15-17(19(13)22)18-16(21(15)9-5-6-10-21)12-14(8-4-2)20(18)23/h3-4,11-12,15-18H,1-2,5-10H2/t15-,16+,17+,18-. The molecule has 4 atom stereocenters. The number of rotatable bonds is 4. The molecule has 0 radical (unpaired) electrons. The molecule has 4 aliphatic carbocycles. The average molecular weight is 308 g/mol. The SMILES string of the molecule is C=CCC1=C[C@@H]2[C@H](C1=O)[C@@H]1C(=O)C(CC=C)=C[C@@H]1C21CCCC1. The number of ketones is 2. The summed E-state index contributed by atoms with van der Waals surface area (Å²) in [5.74, 6) is 0.754. The van der Waals surface area contributed by atoms with Gasteiger partial charge >= 0.3 is 0 Å². The molecule has 120 valence electrons. The smallest absolute Gasteiger partial charge is 0.163 e. The van der Waals surface area contributed by atoms with Gasteiger partial charge in [0.05, 0.1) is 0 Å². The second-order valence-electron chi connectivity index (χ2n) is 7.64. The maximum Gasteiger partial charge on any atom is 0.163 e. The molecule has 4 aliphatic rings. The molecule has 0 bridgehead atoms. The van der Waals surface area contributed by atoms with Crippen LogP contribution in [-0.4, -0.2) is 11.6 Å². The van der Waals surface area contributed by atoms with Crippen molar-refractivity contribution in [1.29, 1.82) is 0 Å². The molecule has 4 rings (SSSR count). The van der Waals surface area contributed by atoms with E-state index in [0.29, 0.717) is 12.8 Å². The van der Waals surface area contributed by atoms with Gasteiger partial charge in [0.2, 0.25) is 0 Å². The summed E-state index contributed by atoms with van der Waals surface area (Å²) in [5, 5.41) is 0. The number of hydrogen-bond acceptors (Lipinski definition) is 2. The number of fused-ring (bicyclic) bond motifs is 5. The van der Waals surface area contributed by atoms with Crippen LogP contribution < -0.4 is 0 Å². The zero-order chi connectivity index (χ0) is 16.2. The fraction of sp³-hybridized carbons (Fsp3) is 0.524. The fourth-order valence-electron chi connectivity index (χ4n) is 5.95. The minimum absolute atomic E-state index is 0.112. The molecule has 0 unspecified atom stereocenters. The summed E-state index contributed by atoms with van der Waals surface area (Å²) >= 11 is 0. The van der Waals surface area contributed by atoms with Gasteiger partial charge in [-0.2, -0.15) is 0 Å². The Labute approximate surface area is 138 Å². The predicted octanol–water partition coefficient (Wildman–Crippen LogP) is 4.20. The quantitative estimate of drug-likeness (QED) is 0.730. The average Bonchev–Trinajstić information content (AvgIpc) is 3.25. The molecule has 0 saturated heterocycles. The lowest BCUT2D eigenvalue weighted by atomic mass is 9.70. The summed E-state index contributed by atoms with van der Waals surface area (Å²) in [6.07, 6.45) is 14.1. The highest BCUT2D eigenvalue weighted by atomic mass is 16.1. The first-order valence-corrected chi connectivity index (χ1v) is 8.85. The molecule has 0 aliphatic heterocycles. The third kappa shape index (κ3) is 1.81. The van der Waals surface area contributed by atoms with E-state index in [1.165, 1.54) is 12.8 Å². The van der Waals surface area contributed by atoms with Gasteiger partial charge in [0.15, 0.2) is 11.6 Å². The van der Waals surface area contributed by atoms with Gasteiger partial charge in [-0.25, -0.2) is 0 Å². The van der Waals surface area contributed by atoms with Crippen LogP contribution in [0.15, 0.2) is 48.6 Å². The zero-order valence-electron chi connectivity index (χ0n) is 13.6. The highest BCUT2D eigenvalue weighted by Gasteiger charge is 2.66. The highest BCUT2D eigenvalue weighted by Crippen LogP contribution is 2.67. The first-order chi connectivity index (χ1) is 11.1. The van der Waals surface area contributed by atoms with E-state index < -0.39 is 0 Å². The molecule has 0 heterocycles. The highest BCUT2D eigenvalue weighted by molar-refractivity contribution is 6.08. The van der Waals surface area contributed by atoms with Crippen LogP contribution >= 0.6 is 0 Å². The van der Waals surface area contributed by atoms with Crippen LogP contribution in [0.25, 0.3) is 0 Å². The van der Waals surface area contributed by atoms with Crippen LogP contribution in [-0.2, 0) is 9.59 Å². The monoisotopic (exact) mass is 308 g/mol. The molecule has 23 heavy (non-hydrogen) atoms. The van der Waals surface area contributed by atoms with E-state index in [1.54, 1.807) is 12.2 Å². The first kappa shape index (κ1) is 14.9. The molecule has 0 N–H and O–H groups in total. The molecule has 0 amide bonds. The van der Waals surface area contributed by atoms with Gasteiger partial charge in [-0.3, -0.25) is 9.59 Å². The lowest BCUT2D eigenvalue weighted by molar-refractivity contribution is -0.127. The van der Waals surface area contributed by atoms with E-state index in [2.05, 4.69) is 25.3 Å². The van der Waals surface area contributed by atoms with Crippen molar-refractivity contribution in [3.8, 4) is 0 Å². The summed E-state index contributed by atoms with van der Waals surface area (Å²) in [7, 11) is 0. The summed E-state index contributed by atoms with van der Waals surface area (Å²) in [5.41, 5.74) is 1.93. The molecule has 1 spiro atoms. The molecular formula is C21H24O2. The Morgan fingerprint density at radius 1 is 0.913 bits per heavy atom. The van der Waals surface area contributed by atoms with E-state index in [9.17, 15) is 9.59 Å². The second kappa shape index (κ2) is 5.15. The molecule has 2 fully saturated rings. The van der Waals surface area contributed by atoms with Crippen LogP contribution in [0.4, 0.5) is 0 Å². The molecule has 0 aromatic heterocycles. The van der Waals surface area contributed by atoms with Gasteiger partial charge in [-0.15, -0.1) is 13.2 Å². The molecule has 2 heteroatoms. The van der Waals surface area contributed by atoms with E-state index in [-0.39, 0.29) is 40.7 Å². The summed E-state index contributed by atoms with van der Waals surface area (Å²) in [6, 6.07) is 0. The maximum atomic E-state index is 13.0. The molecule has 2 nitrogen and oxygen atoms in total. The van der Waals surface area contributed by atoms with E-state index in [1.807, 2.05) is 0 Å². The van der Waals surface area contributed by atoms with Crippen LogP contribution in [0, 0.1) is 29.1 Å². The number of hydrogen-bond donors (Lipinski definition) is 0. The Bertz CT molecular complexity index is 605. The number of carbonyl (C=O) groups is 2. The largest absolute Gasteiger partial charge is 0.294 e. The number of carbonyl (C=O) groups excluding carboxylic acids is 2.